The van der Waals surface area contributed by atoms with Crippen molar-refractivity contribution in [1.82, 2.24) is 4.57 Å². The van der Waals surface area contributed by atoms with Gasteiger partial charge in [-0.15, -0.1) is 0 Å². The first-order chi connectivity index (χ1) is 6.91. The smallest absolute Gasteiger partial charge is 0.229 e. The van der Waals surface area contributed by atoms with E-state index >= 15 is 0 Å². The van der Waals surface area contributed by atoms with Gasteiger partial charge in [-0.3, -0.25) is 0 Å². The Labute approximate surface area is 93.9 Å². The lowest BCUT2D eigenvalue weighted by Gasteiger charge is -2.08. The topological polar surface area (TPSA) is 8.81 Å². The van der Waals surface area contributed by atoms with Crippen molar-refractivity contribution in [2.75, 3.05) is 0 Å². The zero-order valence-electron chi connectivity index (χ0n) is 11.3. The number of imidazole rings is 1. The van der Waals surface area contributed by atoms with Crippen LogP contribution >= 0.6 is 0 Å². The summed E-state index contributed by atoms with van der Waals surface area (Å²) in [5, 5.41) is 0. The van der Waals surface area contributed by atoms with Gasteiger partial charge in [-0.05, 0) is 27.7 Å². The number of nitrogens with zero attached hydrogens (tertiary/aromatic N) is 2. The Morgan fingerprint density at radius 2 is 1.67 bits per heavy atom. The van der Waals surface area contributed by atoms with Gasteiger partial charge in [0.1, 0.15) is 11.4 Å². The predicted octanol–water partition coefficient (Wildman–Crippen LogP) is 3.12. The van der Waals surface area contributed by atoms with Gasteiger partial charge in [0.2, 0.25) is 0 Å². The highest BCUT2D eigenvalue weighted by atomic mass is 15.2. The van der Waals surface area contributed by atoms with Crippen LogP contribution in [0.15, 0.2) is 0 Å². The summed E-state index contributed by atoms with van der Waals surface area (Å²) in [5.74, 6) is 1.45. The first-order valence-corrected chi connectivity index (χ1v) is 6.03. The summed E-state index contributed by atoms with van der Waals surface area (Å²) >= 11 is 0. The van der Waals surface area contributed by atoms with Crippen LogP contribution < -0.4 is 4.57 Å². The second-order valence-corrected chi connectivity index (χ2v) is 4.87. The minimum absolute atomic E-state index is 0.554. The highest BCUT2D eigenvalue weighted by Gasteiger charge is 2.27. The molecule has 1 heterocycles. The van der Waals surface area contributed by atoms with E-state index in [1.807, 2.05) is 0 Å². The third-order valence-corrected chi connectivity index (χ3v) is 3.15. The Morgan fingerprint density at radius 3 is 2.00 bits per heavy atom. The first kappa shape index (κ1) is 12.3. The molecule has 0 spiro atoms. The molecule has 1 aromatic heterocycles. The monoisotopic (exact) mass is 209 g/mol. The third kappa shape index (κ3) is 1.95. The van der Waals surface area contributed by atoms with Crippen LogP contribution in [0.4, 0.5) is 0 Å². The summed E-state index contributed by atoms with van der Waals surface area (Å²) in [6.45, 7) is 15.7. The normalized spacial score (nSPS) is 11.8. The van der Waals surface area contributed by atoms with E-state index in [0.29, 0.717) is 12.1 Å². The zero-order valence-corrected chi connectivity index (χ0v) is 11.3. The summed E-state index contributed by atoms with van der Waals surface area (Å²) in [5.41, 5.74) is 2.83. The fourth-order valence-corrected chi connectivity index (χ4v) is 2.56. The molecule has 1 aromatic rings. The molecule has 0 aliphatic heterocycles. The van der Waals surface area contributed by atoms with E-state index in [2.05, 4.69) is 57.6 Å². The summed E-state index contributed by atoms with van der Waals surface area (Å²) in [4.78, 5) is 0. The Bertz CT molecular complexity index is 314. The second kappa shape index (κ2) is 4.38. The molecule has 0 radical (unpaired) electrons. The maximum absolute atomic E-state index is 2.47. The van der Waals surface area contributed by atoms with Crippen molar-refractivity contribution in [3.05, 3.63) is 17.2 Å². The highest BCUT2D eigenvalue weighted by Crippen LogP contribution is 2.17. The van der Waals surface area contributed by atoms with Gasteiger partial charge < -0.3 is 0 Å². The van der Waals surface area contributed by atoms with Gasteiger partial charge in [0, 0.05) is 20.3 Å². The Morgan fingerprint density at radius 1 is 1.13 bits per heavy atom. The molecule has 0 aromatic carbocycles. The molecular formula is C13H25N2+. The maximum Gasteiger partial charge on any atom is 0.256 e. The Kier molecular flexibility index (Phi) is 3.58. The lowest BCUT2D eigenvalue weighted by atomic mass is 10.3. The molecule has 2 heteroatoms. The van der Waals surface area contributed by atoms with Gasteiger partial charge >= 0.3 is 0 Å². The molecular weight excluding hydrogens is 184 g/mol. The van der Waals surface area contributed by atoms with Gasteiger partial charge in [-0.2, -0.15) is 0 Å². The van der Waals surface area contributed by atoms with E-state index in [9.17, 15) is 0 Å². The summed E-state index contributed by atoms with van der Waals surface area (Å²) in [6, 6.07) is 1.11. The molecule has 0 saturated carbocycles. The molecule has 0 aliphatic rings. The minimum atomic E-state index is 0.554. The third-order valence-electron chi connectivity index (χ3n) is 3.15. The molecule has 0 amide bonds. The predicted molar refractivity (Wildman–Crippen MR) is 64.2 cm³/mol. The van der Waals surface area contributed by atoms with Crippen LogP contribution in [-0.4, -0.2) is 4.57 Å². The highest BCUT2D eigenvalue weighted by molar-refractivity contribution is 5.08. The van der Waals surface area contributed by atoms with Crippen LogP contribution in [0.5, 0.6) is 0 Å². The maximum atomic E-state index is 2.47. The van der Waals surface area contributed by atoms with Crippen molar-refractivity contribution in [2.24, 2.45) is 0 Å². The van der Waals surface area contributed by atoms with Gasteiger partial charge in [0.25, 0.3) is 5.82 Å². The number of hydrogen-bond acceptors (Lipinski definition) is 0. The van der Waals surface area contributed by atoms with E-state index in [0.717, 1.165) is 6.42 Å². The van der Waals surface area contributed by atoms with Gasteiger partial charge in [0.15, 0.2) is 0 Å². The first-order valence-electron chi connectivity index (χ1n) is 6.03. The van der Waals surface area contributed by atoms with Crippen LogP contribution in [0.3, 0.4) is 0 Å². The van der Waals surface area contributed by atoms with E-state index in [-0.39, 0.29) is 0 Å². The largest absolute Gasteiger partial charge is 0.256 e. The number of hydrogen-bond donors (Lipinski definition) is 0. The van der Waals surface area contributed by atoms with E-state index in [1.54, 1.807) is 0 Å². The fourth-order valence-electron chi connectivity index (χ4n) is 2.56. The average Bonchev–Trinajstić information content (AvgIpc) is 2.39. The number of aromatic nitrogens is 2. The minimum Gasteiger partial charge on any atom is -0.229 e. The number of rotatable bonds is 3. The lowest BCUT2D eigenvalue weighted by molar-refractivity contribution is -0.728. The molecule has 0 bridgehead atoms. The molecule has 0 atom stereocenters. The van der Waals surface area contributed by atoms with Crippen LogP contribution in [0, 0.1) is 13.8 Å². The Balaban J connectivity index is 3.47. The summed E-state index contributed by atoms with van der Waals surface area (Å²) < 4.78 is 4.94. The second-order valence-electron chi connectivity index (χ2n) is 4.87. The average molecular weight is 209 g/mol. The SMILES string of the molecule is CCc1n(C(C)C)c(C)c(C)[n+]1C(C)C. The van der Waals surface area contributed by atoms with Crippen molar-refractivity contribution in [1.29, 1.82) is 0 Å². The van der Waals surface area contributed by atoms with Crippen LogP contribution in [-0.2, 0) is 6.42 Å². The molecule has 15 heavy (non-hydrogen) atoms. The van der Waals surface area contributed by atoms with Crippen molar-refractivity contribution in [2.45, 2.75) is 67.0 Å². The van der Waals surface area contributed by atoms with Crippen molar-refractivity contribution >= 4 is 0 Å². The van der Waals surface area contributed by atoms with Gasteiger partial charge in [-0.25, -0.2) is 9.13 Å². The van der Waals surface area contributed by atoms with Gasteiger partial charge in [0.05, 0.1) is 12.1 Å². The molecule has 0 aliphatic carbocycles. The van der Waals surface area contributed by atoms with Crippen molar-refractivity contribution in [3.63, 3.8) is 0 Å². The van der Waals surface area contributed by atoms with Gasteiger partial charge in [-0.1, -0.05) is 6.92 Å². The van der Waals surface area contributed by atoms with Crippen LogP contribution in [0.1, 0.15) is 63.9 Å². The Hall–Kier alpha value is -0.790. The van der Waals surface area contributed by atoms with Crippen LogP contribution in [0.2, 0.25) is 0 Å². The summed E-state index contributed by atoms with van der Waals surface area (Å²) in [6.07, 6.45) is 1.10. The quantitative estimate of drug-likeness (QED) is 0.676. The van der Waals surface area contributed by atoms with Crippen LogP contribution in [0.25, 0.3) is 0 Å². The molecule has 0 saturated heterocycles. The molecule has 0 unspecified atom stereocenters. The summed E-state index contributed by atoms with van der Waals surface area (Å²) in [7, 11) is 0. The van der Waals surface area contributed by atoms with E-state index in [4.69, 9.17) is 0 Å². The fraction of sp³-hybridized carbons (Fsp3) is 0.769. The molecule has 1 rings (SSSR count). The van der Waals surface area contributed by atoms with Crippen molar-refractivity contribution in [3.8, 4) is 0 Å². The molecule has 0 fully saturated rings. The standard InChI is InChI=1S/C13H25N2/c1-8-13-14(9(2)3)11(6)12(7)15(13)10(4)5/h9-10H,8H2,1-7H3/q+1. The molecule has 2 nitrogen and oxygen atoms in total. The molecule has 86 valence electrons. The molecule has 0 N–H and O–H groups in total. The van der Waals surface area contributed by atoms with E-state index < -0.39 is 0 Å². The van der Waals surface area contributed by atoms with Crippen molar-refractivity contribution < 1.29 is 4.57 Å². The van der Waals surface area contributed by atoms with E-state index in [1.165, 1.54) is 17.2 Å². The zero-order chi connectivity index (χ0) is 11.7. The lowest BCUT2D eigenvalue weighted by Crippen LogP contribution is -2.42.